The molecule has 0 aromatic carbocycles. The molecular weight excluding hydrogens is 274 g/mol. The summed E-state index contributed by atoms with van der Waals surface area (Å²) >= 11 is 0. The smallest absolute Gasteiger partial charge is 0.195 e. The maximum Gasteiger partial charge on any atom is 0.460 e. The van der Waals surface area contributed by atoms with Gasteiger partial charge in [-0.15, -0.1) is 0 Å². The predicted molar refractivity (Wildman–Crippen MR) is 39.8 cm³/mol. The molecule has 0 heterocycles. The minimum Gasteiger partial charge on any atom is -0.195 e. The summed E-state index contributed by atoms with van der Waals surface area (Å²) in [5, 5.41) is 0. The molecule has 98 valence electrons. The van der Waals surface area contributed by atoms with Gasteiger partial charge in [0.25, 0.3) is 0 Å². The van der Waals surface area contributed by atoms with E-state index in [9.17, 15) is 39.5 Å². The van der Waals surface area contributed by atoms with Gasteiger partial charge in [-0.25, -0.2) is 0 Å². The monoisotopic (exact) mass is 280 g/mol. The molecular formula is C6H6F9P. The Morgan fingerprint density at radius 2 is 1.12 bits per heavy atom. The zero-order valence-electron chi connectivity index (χ0n) is 7.61. The highest BCUT2D eigenvalue weighted by atomic mass is 31.1. The van der Waals surface area contributed by atoms with E-state index in [0.717, 1.165) is 6.92 Å². The number of rotatable bonds is 4. The average Bonchev–Trinajstić information content (AvgIpc) is 2.01. The molecule has 0 aromatic heterocycles. The summed E-state index contributed by atoms with van der Waals surface area (Å²) in [6.45, 7) is 0.966. The second kappa shape index (κ2) is 4.23. The van der Waals surface area contributed by atoms with Crippen LogP contribution in [-0.2, 0) is 0 Å². The Hall–Kier alpha value is -0.200. The van der Waals surface area contributed by atoms with E-state index in [0.29, 0.717) is 0 Å². The highest BCUT2D eigenvalue weighted by Crippen LogP contribution is 2.58. The summed E-state index contributed by atoms with van der Waals surface area (Å²) in [4.78, 5) is 0. The summed E-state index contributed by atoms with van der Waals surface area (Å²) in [5.74, 6) is -13.2. The van der Waals surface area contributed by atoms with E-state index in [1.54, 1.807) is 0 Å². The zero-order valence-corrected chi connectivity index (χ0v) is 8.61. The lowest BCUT2D eigenvalue weighted by atomic mass is 10.1. The normalized spacial score (nSPS) is 16.1. The molecule has 0 spiro atoms. The summed E-state index contributed by atoms with van der Waals surface area (Å²) in [7, 11) is -2.02. The Morgan fingerprint density at radius 3 is 1.38 bits per heavy atom. The van der Waals surface area contributed by atoms with Crippen LogP contribution < -0.4 is 0 Å². The second-order valence-electron chi connectivity index (χ2n) is 2.75. The molecule has 0 aliphatic heterocycles. The van der Waals surface area contributed by atoms with E-state index < -0.39 is 38.4 Å². The van der Waals surface area contributed by atoms with Gasteiger partial charge in [0.2, 0.25) is 0 Å². The van der Waals surface area contributed by atoms with Gasteiger partial charge < -0.3 is 0 Å². The third kappa shape index (κ3) is 2.38. The Labute approximate surface area is 86.0 Å². The van der Waals surface area contributed by atoms with Crippen molar-refractivity contribution < 1.29 is 39.5 Å². The molecule has 0 saturated heterocycles. The highest BCUT2D eigenvalue weighted by molar-refractivity contribution is 7.39. The van der Waals surface area contributed by atoms with Crippen molar-refractivity contribution in [2.24, 2.45) is 0 Å². The Balaban J connectivity index is 5.34. The minimum absolute atomic E-state index is 0.628. The number of hydrogen-bond donors (Lipinski definition) is 0. The van der Waals surface area contributed by atoms with E-state index in [1.807, 2.05) is 0 Å². The summed E-state index contributed by atoms with van der Waals surface area (Å²) in [6, 6.07) is 0. The van der Waals surface area contributed by atoms with Crippen molar-refractivity contribution in [2.75, 3.05) is 6.16 Å². The van der Waals surface area contributed by atoms with Gasteiger partial charge in [0.1, 0.15) is 0 Å². The molecule has 0 rings (SSSR count). The van der Waals surface area contributed by atoms with Gasteiger partial charge in [-0.2, -0.15) is 39.5 Å². The fourth-order valence-electron chi connectivity index (χ4n) is 0.708. The van der Waals surface area contributed by atoms with Gasteiger partial charge in [0.15, 0.2) is 0 Å². The van der Waals surface area contributed by atoms with Crippen LogP contribution in [0.4, 0.5) is 39.5 Å². The van der Waals surface area contributed by atoms with Crippen LogP contribution in [-0.4, -0.2) is 29.8 Å². The molecule has 0 nitrogen and oxygen atoms in total. The van der Waals surface area contributed by atoms with Gasteiger partial charge in [-0.3, -0.25) is 0 Å². The number of halogens is 9. The Kier molecular flexibility index (Phi) is 4.18. The zero-order chi connectivity index (χ0) is 13.4. The fourth-order valence-corrected chi connectivity index (χ4v) is 1.53. The molecule has 10 heteroatoms. The first kappa shape index (κ1) is 15.8. The van der Waals surface area contributed by atoms with Crippen LogP contribution in [0.2, 0.25) is 0 Å². The van der Waals surface area contributed by atoms with Crippen LogP contribution >= 0.6 is 8.58 Å². The van der Waals surface area contributed by atoms with Gasteiger partial charge in [0, 0.05) is 0 Å². The first-order chi connectivity index (χ1) is 6.81. The van der Waals surface area contributed by atoms with E-state index >= 15 is 0 Å². The molecule has 1 atom stereocenters. The summed E-state index contributed by atoms with van der Waals surface area (Å²) in [5.41, 5.74) is -5.39. The van der Waals surface area contributed by atoms with Crippen LogP contribution in [0.25, 0.3) is 0 Å². The van der Waals surface area contributed by atoms with Crippen LogP contribution in [0, 0.1) is 0 Å². The molecule has 0 fully saturated rings. The Bertz CT molecular complexity index is 243. The topological polar surface area (TPSA) is 0 Å². The van der Waals surface area contributed by atoms with Crippen molar-refractivity contribution in [1.82, 2.24) is 0 Å². The standard InChI is InChI=1S/C6H6F9P/c1-2-16-6(14,15)4(9,10)3(7,8)5(11,12)13/h16H,2H2,1H3. The highest BCUT2D eigenvalue weighted by Gasteiger charge is 2.81. The van der Waals surface area contributed by atoms with Crippen molar-refractivity contribution in [3.05, 3.63) is 0 Å². The molecule has 0 saturated carbocycles. The third-order valence-electron chi connectivity index (χ3n) is 1.54. The van der Waals surface area contributed by atoms with Gasteiger partial charge in [-0.1, -0.05) is 6.92 Å². The van der Waals surface area contributed by atoms with E-state index in [4.69, 9.17) is 0 Å². The first-order valence-corrected chi connectivity index (χ1v) is 4.97. The molecule has 16 heavy (non-hydrogen) atoms. The van der Waals surface area contributed by atoms with Crippen LogP contribution in [0.5, 0.6) is 0 Å². The summed E-state index contributed by atoms with van der Waals surface area (Å²) < 4.78 is 109. The minimum atomic E-state index is -6.76. The lowest BCUT2D eigenvalue weighted by Gasteiger charge is -2.33. The van der Waals surface area contributed by atoms with Gasteiger partial charge in [-0.05, 0) is 14.7 Å². The third-order valence-corrected chi connectivity index (χ3v) is 2.66. The van der Waals surface area contributed by atoms with Crippen molar-refractivity contribution in [3.63, 3.8) is 0 Å². The SMILES string of the molecule is CCPC(F)(F)C(F)(F)C(F)(F)C(F)(F)F. The lowest BCUT2D eigenvalue weighted by Crippen LogP contribution is -2.59. The largest absolute Gasteiger partial charge is 0.460 e. The van der Waals surface area contributed by atoms with Crippen molar-refractivity contribution >= 4 is 8.58 Å². The van der Waals surface area contributed by atoms with E-state index in [-0.39, 0.29) is 0 Å². The molecule has 1 unspecified atom stereocenters. The first-order valence-electron chi connectivity index (χ1n) is 3.76. The van der Waals surface area contributed by atoms with Crippen LogP contribution in [0.1, 0.15) is 6.92 Å². The fraction of sp³-hybridized carbons (Fsp3) is 1.00. The molecule has 0 aromatic rings. The number of alkyl halides is 9. The lowest BCUT2D eigenvalue weighted by molar-refractivity contribution is -0.381. The molecule has 0 radical (unpaired) electrons. The van der Waals surface area contributed by atoms with Crippen LogP contribution in [0.3, 0.4) is 0 Å². The molecule has 0 bridgehead atoms. The Morgan fingerprint density at radius 1 is 0.750 bits per heavy atom. The quantitative estimate of drug-likeness (QED) is 0.537. The van der Waals surface area contributed by atoms with Gasteiger partial charge >= 0.3 is 23.7 Å². The second-order valence-corrected chi connectivity index (χ2v) is 4.44. The predicted octanol–water partition coefficient (Wildman–Crippen LogP) is 4.11. The van der Waals surface area contributed by atoms with Gasteiger partial charge in [0.05, 0.1) is 0 Å². The van der Waals surface area contributed by atoms with E-state index in [1.165, 1.54) is 0 Å². The van der Waals surface area contributed by atoms with E-state index in [2.05, 4.69) is 0 Å². The summed E-state index contributed by atoms with van der Waals surface area (Å²) in [6.07, 6.45) is -7.35. The maximum atomic E-state index is 12.5. The van der Waals surface area contributed by atoms with Crippen molar-refractivity contribution in [1.29, 1.82) is 0 Å². The van der Waals surface area contributed by atoms with Crippen molar-refractivity contribution in [2.45, 2.75) is 30.6 Å². The molecule has 0 aliphatic carbocycles. The number of hydrogen-bond acceptors (Lipinski definition) is 0. The molecule has 0 N–H and O–H groups in total. The maximum absolute atomic E-state index is 12.5. The molecule has 0 aliphatic rings. The van der Waals surface area contributed by atoms with Crippen LogP contribution in [0.15, 0.2) is 0 Å². The average molecular weight is 280 g/mol. The molecule has 0 amide bonds. The van der Waals surface area contributed by atoms with Crippen molar-refractivity contribution in [3.8, 4) is 0 Å².